The minimum atomic E-state index is -0.505. The highest BCUT2D eigenvalue weighted by atomic mass is 19.1. The van der Waals surface area contributed by atoms with Gasteiger partial charge in [0.15, 0.2) is 0 Å². The first-order chi connectivity index (χ1) is 21.4. The van der Waals surface area contributed by atoms with Crippen LogP contribution in [0.25, 0.3) is 24.3 Å². The number of aromatic nitrogens is 1. The lowest BCUT2D eigenvalue weighted by Gasteiger charge is -2.09. The molecule has 0 aliphatic heterocycles. The van der Waals surface area contributed by atoms with Crippen LogP contribution in [0.2, 0.25) is 0 Å². The Morgan fingerprint density at radius 2 is 0.977 bits per heavy atom. The number of hydrogen-bond donors (Lipinski definition) is 2. The van der Waals surface area contributed by atoms with Crippen molar-refractivity contribution in [2.45, 2.75) is 26.7 Å². The molecule has 1 aromatic heterocycles. The molecule has 0 bridgehead atoms. The molecule has 5 nitrogen and oxygen atoms in total. The van der Waals surface area contributed by atoms with E-state index in [1.54, 1.807) is 0 Å². The topological polar surface area (TPSA) is 62.8 Å². The Hall–Kier alpha value is -5.43. The largest absolute Gasteiger partial charge is 0.507 e. The van der Waals surface area contributed by atoms with E-state index in [0.717, 1.165) is 29.1 Å². The van der Waals surface area contributed by atoms with Gasteiger partial charge in [0.2, 0.25) is 11.4 Å². The summed E-state index contributed by atoms with van der Waals surface area (Å²) >= 11 is 0. The minimum Gasteiger partial charge on any atom is -0.507 e. The van der Waals surface area contributed by atoms with Gasteiger partial charge in [-0.05, 0) is 84.8 Å². The zero-order chi connectivity index (χ0) is 30.9. The van der Waals surface area contributed by atoms with Crippen LogP contribution in [-0.2, 0) is 19.8 Å². The van der Waals surface area contributed by atoms with E-state index in [-0.39, 0.29) is 35.8 Å². The first-order valence-corrected chi connectivity index (χ1v) is 14.2. The summed E-state index contributed by atoms with van der Waals surface area (Å²) in [5.41, 5.74) is 4.26. The second-order valence-electron chi connectivity index (χ2n) is 9.98. The highest BCUT2D eigenvalue weighted by Gasteiger charge is 2.12. The molecule has 0 saturated heterocycles. The van der Waals surface area contributed by atoms with E-state index in [9.17, 15) is 19.0 Å². The number of aromatic hydroxyl groups is 2. The fourth-order valence-electron chi connectivity index (χ4n) is 4.64. The van der Waals surface area contributed by atoms with E-state index in [0.29, 0.717) is 11.5 Å². The van der Waals surface area contributed by atoms with Crippen molar-refractivity contribution in [2.75, 3.05) is 0 Å². The number of phenols is 2. The molecule has 44 heavy (non-hydrogen) atoms. The molecule has 5 rings (SSSR count). The van der Waals surface area contributed by atoms with Gasteiger partial charge in [-0.2, -0.15) is 4.57 Å². The van der Waals surface area contributed by atoms with Gasteiger partial charge in [-0.15, -0.1) is 0 Å². The summed E-state index contributed by atoms with van der Waals surface area (Å²) in [4.78, 5) is 0. The van der Waals surface area contributed by atoms with E-state index in [2.05, 4.69) is 23.6 Å². The maximum absolute atomic E-state index is 13.9. The molecule has 0 amide bonds. The number of phenolic OH excluding ortho intramolecular Hbond substituents is 2. The zero-order valence-corrected chi connectivity index (χ0v) is 24.2. The van der Waals surface area contributed by atoms with Crippen molar-refractivity contribution in [3.63, 3.8) is 0 Å². The average Bonchev–Trinajstić information content (AvgIpc) is 3.03. The van der Waals surface area contributed by atoms with Crippen LogP contribution in [0.3, 0.4) is 0 Å². The maximum Gasteiger partial charge on any atom is 0.205 e. The predicted molar refractivity (Wildman–Crippen MR) is 168 cm³/mol. The van der Waals surface area contributed by atoms with Crippen LogP contribution in [-0.4, -0.2) is 10.2 Å². The number of rotatable bonds is 11. The fourth-order valence-corrected chi connectivity index (χ4v) is 4.64. The van der Waals surface area contributed by atoms with Gasteiger partial charge in [0.05, 0.1) is 11.1 Å². The lowest BCUT2D eigenvalue weighted by atomic mass is 10.1. The third kappa shape index (κ3) is 7.50. The second kappa shape index (κ2) is 14.2. The highest BCUT2D eigenvalue weighted by molar-refractivity contribution is 5.69. The van der Waals surface area contributed by atoms with Gasteiger partial charge in [-0.1, -0.05) is 36.4 Å². The molecule has 0 saturated carbocycles. The SMILES string of the molecule is CC[n+]1c(/C=C/c2ccc(OCc3c(O)cccc3F)cc2)cccc1/C=C/c1ccc(OCc2c(O)cccc2F)cc1. The van der Waals surface area contributed by atoms with Gasteiger partial charge in [-0.3, -0.25) is 0 Å². The van der Waals surface area contributed by atoms with E-state index < -0.39 is 11.6 Å². The first-order valence-electron chi connectivity index (χ1n) is 14.2. The molecular weight excluding hydrogens is 560 g/mol. The molecule has 0 spiro atoms. The number of nitrogens with zero attached hydrogens (tertiary/aromatic N) is 1. The summed E-state index contributed by atoms with van der Waals surface area (Å²) in [6.45, 7) is 2.73. The molecule has 7 heteroatoms. The van der Waals surface area contributed by atoms with Gasteiger partial charge >= 0.3 is 0 Å². The number of halogens is 2. The Balaban J connectivity index is 1.21. The van der Waals surface area contributed by atoms with Crippen LogP contribution in [0.1, 0.15) is 40.6 Å². The normalized spacial score (nSPS) is 11.3. The molecular formula is C37H32F2NO4+. The van der Waals surface area contributed by atoms with E-state index in [1.165, 1.54) is 36.4 Å². The minimum absolute atomic E-state index is 0.0662. The Bertz CT molecular complexity index is 1610. The second-order valence-corrected chi connectivity index (χ2v) is 9.98. The summed E-state index contributed by atoms with van der Waals surface area (Å²) in [5, 5.41) is 19.7. The van der Waals surface area contributed by atoms with Gasteiger partial charge in [0, 0.05) is 24.3 Å². The Kier molecular flexibility index (Phi) is 9.67. The fraction of sp³-hybridized carbons (Fsp3) is 0.108. The van der Waals surface area contributed by atoms with Crippen molar-refractivity contribution in [3.05, 3.63) is 148 Å². The van der Waals surface area contributed by atoms with Crippen molar-refractivity contribution < 1.29 is 33.0 Å². The summed E-state index contributed by atoms with van der Waals surface area (Å²) in [5.74, 6) is -0.124. The van der Waals surface area contributed by atoms with Crippen molar-refractivity contribution in [1.29, 1.82) is 0 Å². The molecule has 1 heterocycles. The average molecular weight is 593 g/mol. The predicted octanol–water partition coefficient (Wildman–Crippen LogP) is 8.18. The summed E-state index contributed by atoms with van der Waals surface area (Å²) in [6.07, 6.45) is 8.13. The van der Waals surface area contributed by atoms with Gasteiger partial charge in [0.25, 0.3) is 0 Å². The number of benzene rings is 4. The monoisotopic (exact) mass is 592 g/mol. The number of hydrogen-bond acceptors (Lipinski definition) is 4. The van der Waals surface area contributed by atoms with Crippen molar-refractivity contribution >= 4 is 24.3 Å². The summed E-state index contributed by atoms with van der Waals surface area (Å²) < 4.78 is 41.4. The molecule has 0 unspecified atom stereocenters. The quantitative estimate of drug-likeness (QED) is 0.152. The van der Waals surface area contributed by atoms with Gasteiger partial charge in [-0.25, -0.2) is 8.78 Å². The molecule has 222 valence electrons. The highest BCUT2D eigenvalue weighted by Crippen LogP contribution is 2.24. The Morgan fingerprint density at radius 1 is 0.568 bits per heavy atom. The van der Waals surface area contributed by atoms with Gasteiger partial charge < -0.3 is 19.7 Å². The molecule has 2 N–H and O–H groups in total. The zero-order valence-electron chi connectivity index (χ0n) is 24.2. The molecule has 5 aromatic rings. The third-order valence-corrected chi connectivity index (χ3v) is 7.08. The van der Waals surface area contributed by atoms with Crippen molar-refractivity contribution in [3.8, 4) is 23.0 Å². The Labute approximate surface area is 255 Å². The Morgan fingerprint density at radius 3 is 1.36 bits per heavy atom. The first kappa shape index (κ1) is 30.0. The molecule has 4 aromatic carbocycles. The van der Waals surface area contributed by atoms with Crippen LogP contribution < -0.4 is 14.0 Å². The van der Waals surface area contributed by atoms with Crippen LogP contribution in [0, 0.1) is 11.6 Å². The third-order valence-electron chi connectivity index (χ3n) is 7.08. The number of pyridine rings is 1. The smallest absolute Gasteiger partial charge is 0.205 e. The lowest BCUT2D eigenvalue weighted by Crippen LogP contribution is -2.38. The van der Waals surface area contributed by atoms with E-state index >= 15 is 0 Å². The van der Waals surface area contributed by atoms with Crippen LogP contribution in [0.4, 0.5) is 8.78 Å². The molecule has 0 radical (unpaired) electrons. The molecule has 0 aliphatic carbocycles. The van der Waals surface area contributed by atoms with Crippen LogP contribution in [0.5, 0.6) is 23.0 Å². The van der Waals surface area contributed by atoms with E-state index in [1.807, 2.05) is 78.9 Å². The molecule has 0 atom stereocenters. The number of ether oxygens (including phenoxy) is 2. The van der Waals surface area contributed by atoms with Crippen LogP contribution >= 0.6 is 0 Å². The van der Waals surface area contributed by atoms with Gasteiger partial charge in [0.1, 0.15) is 54.4 Å². The van der Waals surface area contributed by atoms with Crippen molar-refractivity contribution in [1.82, 2.24) is 0 Å². The lowest BCUT2D eigenvalue weighted by molar-refractivity contribution is -0.696. The van der Waals surface area contributed by atoms with E-state index in [4.69, 9.17) is 9.47 Å². The van der Waals surface area contributed by atoms with Crippen molar-refractivity contribution in [2.24, 2.45) is 0 Å². The summed E-state index contributed by atoms with van der Waals surface area (Å²) in [7, 11) is 0. The van der Waals surface area contributed by atoms with Crippen LogP contribution in [0.15, 0.2) is 103 Å². The summed E-state index contributed by atoms with van der Waals surface area (Å²) in [6, 6.07) is 29.4. The molecule has 0 aliphatic rings. The maximum atomic E-state index is 13.9. The standard InChI is InChI=1S/C37H31F2NO4/c1-2-40-28(18-12-26-14-20-30(21-15-26)43-24-32-34(38)8-4-10-36(32)41)6-3-7-29(40)19-13-27-16-22-31(23-17-27)44-25-33-35(39)9-5-11-37(33)42/h3-23H,2,24-25H2,1H3,(H-,41,42)/p+1/b18-12+,19-13+. The molecule has 0 fully saturated rings.